The average molecular weight is 507 g/mol. The fraction of sp³-hybridized carbons (Fsp3) is 0.429. The number of hydrogen-bond acceptors (Lipinski definition) is 5. The van der Waals surface area contributed by atoms with Gasteiger partial charge in [-0.05, 0) is 49.8 Å². The predicted octanol–water partition coefficient (Wildman–Crippen LogP) is 2.06. The quantitative estimate of drug-likeness (QED) is 0.337. The van der Waals surface area contributed by atoms with Crippen molar-refractivity contribution in [2.45, 2.75) is 51.6 Å². The zero-order valence-corrected chi connectivity index (χ0v) is 21.3. The van der Waals surface area contributed by atoms with Gasteiger partial charge in [-0.3, -0.25) is 14.4 Å². The molecule has 0 unspecified atom stereocenters. The van der Waals surface area contributed by atoms with Gasteiger partial charge in [-0.2, -0.15) is 0 Å². The third-order valence-electron chi connectivity index (χ3n) is 7.02. The summed E-state index contributed by atoms with van der Waals surface area (Å²) in [7, 11) is 0. The molecule has 2 aliphatic rings. The molecule has 1 aromatic heterocycles. The first-order chi connectivity index (χ1) is 17.9. The monoisotopic (exact) mass is 506 g/mol. The summed E-state index contributed by atoms with van der Waals surface area (Å²) in [5.41, 5.74) is 3.47. The predicted molar refractivity (Wildman–Crippen MR) is 138 cm³/mol. The summed E-state index contributed by atoms with van der Waals surface area (Å²) in [4.78, 5) is 56.1. The van der Waals surface area contributed by atoms with Crippen molar-refractivity contribution in [3.8, 4) is 0 Å². The minimum absolute atomic E-state index is 0.0644. The van der Waals surface area contributed by atoms with E-state index in [1.165, 1.54) is 6.08 Å². The molecule has 0 saturated carbocycles. The van der Waals surface area contributed by atoms with Crippen molar-refractivity contribution >= 4 is 23.7 Å². The molecule has 9 heteroatoms. The van der Waals surface area contributed by atoms with Crippen LogP contribution in [0, 0.1) is 12.8 Å². The highest BCUT2D eigenvalue weighted by atomic mass is 16.5. The Morgan fingerprint density at radius 1 is 1.24 bits per heavy atom. The van der Waals surface area contributed by atoms with E-state index in [0.29, 0.717) is 44.5 Å². The van der Waals surface area contributed by atoms with Crippen molar-refractivity contribution in [3.63, 3.8) is 0 Å². The number of fused-ring (bicyclic) bond motifs is 1. The molecule has 0 aliphatic carbocycles. The maximum absolute atomic E-state index is 13.8. The van der Waals surface area contributed by atoms with E-state index in [1.807, 2.05) is 43.5 Å². The lowest BCUT2D eigenvalue weighted by atomic mass is 9.96. The summed E-state index contributed by atoms with van der Waals surface area (Å²) in [5.74, 6) is -1.39. The first kappa shape index (κ1) is 26.2. The molecule has 3 atom stereocenters. The van der Waals surface area contributed by atoms with Crippen LogP contribution in [0.5, 0.6) is 0 Å². The lowest BCUT2D eigenvalue weighted by molar-refractivity contribution is -0.137. The summed E-state index contributed by atoms with van der Waals surface area (Å²) >= 11 is 0. The second-order valence-corrected chi connectivity index (χ2v) is 9.52. The fourth-order valence-corrected chi connectivity index (χ4v) is 5.05. The van der Waals surface area contributed by atoms with E-state index >= 15 is 0 Å². The number of carbonyl (C=O) groups is 4. The minimum Gasteiger partial charge on any atom is -0.463 e. The van der Waals surface area contributed by atoms with Crippen LogP contribution in [0.2, 0.25) is 0 Å². The highest BCUT2D eigenvalue weighted by Gasteiger charge is 2.36. The van der Waals surface area contributed by atoms with E-state index in [0.717, 1.165) is 16.7 Å². The van der Waals surface area contributed by atoms with Gasteiger partial charge in [0.25, 0.3) is 5.91 Å². The first-order valence-electron chi connectivity index (χ1n) is 12.8. The van der Waals surface area contributed by atoms with Crippen molar-refractivity contribution in [2.75, 3.05) is 19.7 Å². The number of hydrogen-bond donors (Lipinski definition) is 3. The number of H-pyrrole nitrogens is 1. The third kappa shape index (κ3) is 6.28. The normalized spacial score (nSPS) is 18.9. The standard InChI is InChI=1S/C28H34N4O5/c1-3-37-24(33)10-9-21(16-20-11-13-29-26(20)34)31-27(35)23(15-19-7-5-4-6-8-19)32-14-12-22-18(2)17-30-25(22)28(32)36/h4-10,17,20-21,23,30H,3,11-16H2,1-2H3,(H,29,34)(H,31,35)/t20-,21+,23-/m0/s1. The zero-order valence-electron chi connectivity index (χ0n) is 21.3. The zero-order chi connectivity index (χ0) is 26.4. The smallest absolute Gasteiger partial charge is 0.330 e. The minimum atomic E-state index is -0.762. The number of esters is 1. The molecule has 0 radical (unpaired) electrons. The molecule has 4 rings (SSSR count). The van der Waals surface area contributed by atoms with Crippen molar-refractivity contribution in [1.82, 2.24) is 20.5 Å². The molecule has 3 N–H and O–H groups in total. The van der Waals surface area contributed by atoms with Gasteiger partial charge in [0, 0.05) is 43.7 Å². The maximum Gasteiger partial charge on any atom is 0.330 e. The molecule has 3 amide bonds. The van der Waals surface area contributed by atoms with Crippen LogP contribution in [-0.4, -0.2) is 65.4 Å². The van der Waals surface area contributed by atoms with E-state index in [-0.39, 0.29) is 30.2 Å². The molecule has 37 heavy (non-hydrogen) atoms. The van der Waals surface area contributed by atoms with Gasteiger partial charge in [0.05, 0.1) is 6.61 Å². The van der Waals surface area contributed by atoms with E-state index < -0.39 is 18.1 Å². The summed E-state index contributed by atoms with van der Waals surface area (Å²) in [5, 5.41) is 5.83. The van der Waals surface area contributed by atoms with Crippen molar-refractivity contribution < 1.29 is 23.9 Å². The highest BCUT2D eigenvalue weighted by Crippen LogP contribution is 2.25. The van der Waals surface area contributed by atoms with Gasteiger partial charge in [0.2, 0.25) is 11.8 Å². The van der Waals surface area contributed by atoms with Crippen LogP contribution < -0.4 is 10.6 Å². The molecule has 1 saturated heterocycles. The summed E-state index contributed by atoms with van der Waals surface area (Å²) in [6.07, 6.45) is 6.68. The van der Waals surface area contributed by atoms with Crippen LogP contribution in [0.3, 0.4) is 0 Å². The van der Waals surface area contributed by atoms with Gasteiger partial charge in [0.15, 0.2) is 0 Å². The molecule has 1 aromatic carbocycles. The Hall–Kier alpha value is -3.88. The number of nitrogens with one attached hydrogen (secondary N) is 3. The van der Waals surface area contributed by atoms with E-state index in [4.69, 9.17) is 4.74 Å². The second kappa shape index (κ2) is 11.9. The Bertz CT molecular complexity index is 1170. The number of aromatic amines is 1. The molecule has 0 bridgehead atoms. The number of rotatable bonds is 10. The van der Waals surface area contributed by atoms with Crippen molar-refractivity contribution in [3.05, 3.63) is 71.1 Å². The highest BCUT2D eigenvalue weighted by molar-refractivity contribution is 5.98. The van der Waals surface area contributed by atoms with E-state index in [9.17, 15) is 19.2 Å². The molecule has 2 aromatic rings. The van der Waals surface area contributed by atoms with Gasteiger partial charge in [-0.25, -0.2) is 4.79 Å². The van der Waals surface area contributed by atoms with Gasteiger partial charge >= 0.3 is 5.97 Å². The Morgan fingerprint density at radius 2 is 2.03 bits per heavy atom. The number of nitrogens with zero attached hydrogens (tertiary/aromatic N) is 1. The van der Waals surface area contributed by atoms with Crippen LogP contribution in [0.15, 0.2) is 48.7 Å². The Labute approximate surface area is 216 Å². The number of aromatic nitrogens is 1. The van der Waals surface area contributed by atoms with E-state index in [2.05, 4.69) is 15.6 Å². The largest absolute Gasteiger partial charge is 0.463 e. The van der Waals surface area contributed by atoms with Crippen molar-refractivity contribution in [1.29, 1.82) is 0 Å². The maximum atomic E-state index is 13.8. The number of amides is 3. The summed E-state index contributed by atoms with van der Waals surface area (Å²) in [6.45, 7) is 4.93. The molecule has 2 aliphatic heterocycles. The molecule has 0 spiro atoms. The molecular formula is C28H34N4O5. The lowest BCUT2D eigenvalue weighted by Gasteiger charge is -2.35. The number of aryl methyl sites for hydroxylation is 1. The third-order valence-corrected chi connectivity index (χ3v) is 7.02. The Morgan fingerprint density at radius 3 is 2.73 bits per heavy atom. The molecule has 196 valence electrons. The van der Waals surface area contributed by atoms with Crippen LogP contribution in [0.25, 0.3) is 0 Å². The van der Waals surface area contributed by atoms with Gasteiger partial charge in [0.1, 0.15) is 11.7 Å². The van der Waals surface area contributed by atoms with Gasteiger partial charge in [-0.1, -0.05) is 36.4 Å². The topological polar surface area (TPSA) is 121 Å². The van der Waals surface area contributed by atoms with Crippen LogP contribution in [-0.2, 0) is 32.0 Å². The number of benzene rings is 1. The molecular weight excluding hydrogens is 472 g/mol. The average Bonchev–Trinajstić information content (AvgIpc) is 3.47. The molecule has 1 fully saturated rings. The SMILES string of the molecule is CCOC(=O)C=C[C@H](C[C@@H]1CCNC1=O)NC(=O)[C@H](Cc1ccccc1)N1CCc2c(C)c[nH]c2C1=O. The lowest BCUT2D eigenvalue weighted by Crippen LogP contribution is -2.54. The van der Waals surface area contributed by atoms with Gasteiger partial charge < -0.3 is 25.3 Å². The summed E-state index contributed by atoms with van der Waals surface area (Å²) < 4.78 is 4.99. The first-order valence-corrected chi connectivity index (χ1v) is 12.8. The van der Waals surface area contributed by atoms with Crippen LogP contribution in [0.4, 0.5) is 0 Å². The van der Waals surface area contributed by atoms with Gasteiger partial charge in [-0.15, -0.1) is 0 Å². The van der Waals surface area contributed by atoms with Crippen LogP contribution in [0.1, 0.15) is 46.9 Å². The van der Waals surface area contributed by atoms with Crippen molar-refractivity contribution in [2.24, 2.45) is 5.92 Å². The Balaban J connectivity index is 1.58. The summed E-state index contributed by atoms with van der Waals surface area (Å²) in [6, 6.07) is 8.23. The fourth-order valence-electron chi connectivity index (χ4n) is 5.05. The van der Waals surface area contributed by atoms with E-state index in [1.54, 1.807) is 17.9 Å². The number of carbonyl (C=O) groups excluding carboxylic acids is 4. The molecule has 3 heterocycles. The Kier molecular flexibility index (Phi) is 8.43. The van der Waals surface area contributed by atoms with Crippen LogP contribution >= 0.6 is 0 Å². The molecule has 9 nitrogen and oxygen atoms in total. The number of ether oxygens (including phenoxy) is 1. The second-order valence-electron chi connectivity index (χ2n) is 9.52.